The summed E-state index contributed by atoms with van der Waals surface area (Å²) < 4.78 is 0. The smallest absolute Gasteiger partial charge is 0.249 e. The first kappa shape index (κ1) is 7.72. The summed E-state index contributed by atoms with van der Waals surface area (Å²) in [4.78, 5) is 13.9. The second-order valence-corrected chi connectivity index (χ2v) is 2.80. The molecule has 2 rings (SSSR count). The van der Waals surface area contributed by atoms with Gasteiger partial charge in [-0.2, -0.15) is 0 Å². The summed E-state index contributed by atoms with van der Waals surface area (Å²) in [6, 6.07) is 3.10. The van der Waals surface area contributed by atoms with Gasteiger partial charge in [-0.3, -0.25) is 4.79 Å². The highest BCUT2D eigenvalue weighted by Crippen LogP contribution is 2.08. The van der Waals surface area contributed by atoms with Crippen LogP contribution in [-0.4, -0.2) is 10.1 Å². The highest BCUT2D eigenvalue weighted by atomic mass is 16.5. The Hall–Kier alpha value is -1.91. The maximum atomic E-state index is 11.0. The van der Waals surface area contributed by atoms with E-state index in [0.29, 0.717) is 10.5 Å². The predicted molar refractivity (Wildman–Crippen MR) is 46.1 cm³/mol. The van der Waals surface area contributed by atoms with Crippen molar-refractivity contribution in [1.29, 1.82) is 0 Å². The molecule has 5 nitrogen and oxygen atoms in total. The lowest BCUT2D eigenvalue weighted by Gasteiger charge is -1.98. The normalized spacial score (nSPS) is 10.5. The second-order valence-electron chi connectivity index (χ2n) is 2.80. The number of aromatic amines is 1. The fourth-order valence-electron chi connectivity index (χ4n) is 1.24. The third-order valence-corrected chi connectivity index (χ3v) is 1.84. The van der Waals surface area contributed by atoms with Crippen LogP contribution in [0.15, 0.2) is 23.1 Å². The lowest BCUT2D eigenvalue weighted by molar-refractivity contribution is -0.666. The molecule has 13 heavy (non-hydrogen) atoms. The molecule has 66 valence electrons. The van der Waals surface area contributed by atoms with E-state index < -0.39 is 0 Å². The van der Waals surface area contributed by atoms with Crippen LogP contribution < -0.4 is 10.4 Å². The van der Waals surface area contributed by atoms with E-state index in [-0.39, 0.29) is 5.56 Å². The van der Waals surface area contributed by atoms with Crippen LogP contribution in [-0.2, 0) is 0 Å². The van der Waals surface area contributed by atoms with Gasteiger partial charge in [0.1, 0.15) is 0 Å². The van der Waals surface area contributed by atoms with Gasteiger partial charge in [0.15, 0.2) is 0 Å². The first-order valence-electron chi connectivity index (χ1n) is 3.77. The number of nitrogens with one attached hydrogen (secondary N) is 1. The van der Waals surface area contributed by atoms with Crippen LogP contribution in [0.3, 0.4) is 0 Å². The SMILES string of the molecule is Cc1cc(=O)[nH]c2n[n+]([O-])ccc12. The van der Waals surface area contributed by atoms with E-state index in [4.69, 9.17) is 0 Å². The number of fused-ring (bicyclic) bond motifs is 1. The molecule has 0 saturated heterocycles. The average molecular weight is 177 g/mol. The highest BCUT2D eigenvalue weighted by molar-refractivity contribution is 5.76. The Morgan fingerprint density at radius 2 is 2.38 bits per heavy atom. The molecule has 0 spiro atoms. The number of rotatable bonds is 0. The van der Waals surface area contributed by atoms with E-state index >= 15 is 0 Å². The standard InChI is InChI=1S/C8H7N3O2/c1-5-4-7(12)9-8-6(5)2-3-11(13)10-8/h2-4H,1H3,(H,9,10,12). The quantitative estimate of drug-likeness (QED) is 0.449. The molecule has 0 radical (unpaired) electrons. The fraction of sp³-hybridized carbons (Fsp3) is 0.125. The van der Waals surface area contributed by atoms with Gasteiger partial charge in [0.05, 0.1) is 0 Å². The molecule has 1 N–H and O–H groups in total. The molecular weight excluding hydrogens is 170 g/mol. The molecule has 0 aliphatic rings. The minimum absolute atomic E-state index is 0.247. The van der Waals surface area contributed by atoms with Gasteiger partial charge in [-0.15, -0.1) is 0 Å². The summed E-state index contributed by atoms with van der Waals surface area (Å²) in [5.74, 6) is 0. The first-order valence-corrected chi connectivity index (χ1v) is 3.77. The van der Waals surface area contributed by atoms with Gasteiger partial charge in [-0.1, -0.05) is 4.85 Å². The maximum absolute atomic E-state index is 11.0. The Kier molecular flexibility index (Phi) is 1.51. The molecule has 0 amide bonds. The van der Waals surface area contributed by atoms with E-state index in [1.54, 1.807) is 13.0 Å². The van der Waals surface area contributed by atoms with Crippen molar-refractivity contribution in [2.45, 2.75) is 6.92 Å². The molecule has 2 heterocycles. The third-order valence-electron chi connectivity index (χ3n) is 1.84. The summed E-state index contributed by atoms with van der Waals surface area (Å²) in [6.45, 7) is 1.80. The van der Waals surface area contributed by atoms with Gasteiger partial charge < -0.3 is 10.2 Å². The van der Waals surface area contributed by atoms with Gasteiger partial charge in [0.25, 0.3) is 0 Å². The summed E-state index contributed by atoms with van der Waals surface area (Å²) in [6.07, 6.45) is 1.30. The molecule has 5 heteroatoms. The van der Waals surface area contributed by atoms with E-state index in [2.05, 4.69) is 10.1 Å². The van der Waals surface area contributed by atoms with Crippen LogP contribution in [0.4, 0.5) is 0 Å². The Balaban J connectivity index is 2.94. The molecule has 0 saturated carbocycles. The van der Waals surface area contributed by atoms with Crippen molar-refractivity contribution in [3.63, 3.8) is 0 Å². The zero-order valence-electron chi connectivity index (χ0n) is 6.94. The summed E-state index contributed by atoms with van der Waals surface area (Å²) in [5, 5.41) is 15.2. The molecule has 0 aliphatic heterocycles. The van der Waals surface area contributed by atoms with Crippen LogP contribution in [0.2, 0.25) is 0 Å². The number of nitrogens with zero attached hydrogens (tertiary/aromatic N) is 2. The van der Waals surface area contributed by atoms with Crippen LogP contribution >= 0.6 is 0 Å². The molecule has 0 unspecified atom stereocenters. The van der Waals surface area contributed by atoms with Crippen molar-refractivity contribution in [2.75, 3.05) is 0 Å². The van der Waals surface area contributed by atoms with Crippen LogP contribution in [0.1, 0.15) is 5.56 Å². The van der Waals surface area contributed by atoms with Gasteiger partial charge >= 0.3 is 0 Å². The van der Waals surface area contributed by atoms with Gasteiger partial charge in [0, 0.05) is 22.6 Å². The zero-order valence-corrected chi connectivity index (χ0v) is 6.94. The van der Waals surface area contributed by atoms with E-state index in [9.17, 15) is 10.0 Å². The molecule has 0 aromatic carbocycles. The van der Waals surface area contributed by atoms with Crippen molar-refractivity contribution in [1.82, 2.24) is 10.1 Å². The van der Waals surface area contributed by atoms with Crippen LogP contribution in [0.5, 0.6) is 0 Å². The Morgan fingerprint density at radius 3 is 3.15 bits per heavy atom. The molecule has 0 bridgehead atoms. The number of hydrogen-bond donors (Lipinski definition) is 1. The first-order chi connectivity index (χ1) is 6.16. The van der Waals surface area contributed by atoms with Crippen LogP contribution in [0.25, 0.3) is 11.0 Å². The van der Waals surface area contributed by atoms with Crippen molar-refractivity contribution in [3.05, 3.63) is 39.5 Å². The zero-order chi connectivity index (χ0) is 9.42. The second kappa shape index (κ2) is 2.55. The van der Waals surface area contributed by atoms with Crippen LogP contribution in [0, 0.1) is 12.1 Å². The Morgan fingerprint density at radius 1 is 1.62 bits per heavy atom. The Labute approximate surface area is 73.2 Å². The fourth-order valence-corrected chi connectivity index (χ4v) is 1.24. The van der Waals surface area contributed by atoms with Crippen molar-refractivity contribution in [2.24, 2.45) is 0 Å². The summed E-state index contributed by atoms with van der Waals surface area (Å²) in [5.41, 5.74) is 0.887. The third kappa shape index (κ3) is 1.24. The number of pyridine rings is 1. The maximum Gasteiger partial charge on any atom is 0.249 e. The van der Waals surface area contributed by atoms with Crippen molar-refractivity contribution in [3.8, 4) is 0 Å². The van der Waals surface area contributed by atoms with Gasteiger partial charge in [-0.25, -0.2) is 0 Å². The predicted octanol–water partition coefficient (Wildman–Crippen LogP) is -0.135. The molecular formula is C8H7N3O2. The van der Waals surface area contributed by atoms with Gasteiger partial charge in [-0.05, 0) is 12.5 Å². The molecule has 2 aromatic heterocycles. The minimum Gasteiger partial charge on any atom is -0.594 e. The van der Waals surface area contributed by atoms with E-state index in [0.717, 1.165) is 10.9 Å². The Bertz CT molecular complexity index is 518. The molecule has 0 aliphatic carbocycles. The van der Waals surface area contributed by atoms with E-state index in [1.165, 1.54) is 12.3 Å². The number of aryl methyl sites for hydroxylation is 1. The van der Waals surface area contributed by atoms with E-state index in [1.807, 2.05) is 0 Å². The minimum atomic E-state index is -0.247. The number of aromatic nitrogens is 3. The monoisotopic (exact) mass is 177 g/mol. The lowest BCUT2D eigenvalue weighted by Crippen LogP contribution is -2.30. The summed E-state index contributed by atoms with van der Waals surface area (Å²) in [7, 11) is 0. The van der Waals surface area contributed by atoms with Gasteiger partial charge in [0.2, 0.25) is 17.4 Å². The highest BCUT2D eigenvalue weighted by Gasteiger charge is 2.03. The van der Waals surface area contributed by atoms with Crippen molar-refractivity contribution < 1.29 is 4.85 Å². The summed E-state index contributed by atoms with van der Waals surface area (Å²) >= 11 is 0. The number of H-pyrrole nitrogens is 1. The molecule has 0 atom stereocenters. The topological polar surface area (TPSA) is 72.7 Å². The average Bonchev–Trinajstić information content (AvgIpc) is 2.02. The lowest BCUT2D eigenvalue weighted by atomic mass is 10.2. The van der Waals surface area contributed by atoms with Crippen molar-refractivity contribution >= 4 is 11.0 Å². The molecule has 2 aromatic rings. The molecule has 0 fully saturated rings. The number of hydrogen-bond acceptors (Lipinski definition) is 3. The largest absolute Gasteiger partial charge is 0.594 e.